The second-order valence-electron chi connectivity index (χ2n) is 5.34. The van der Waals surface area contributed by atoms with E-state index in [0.29, 0.717) is 12.5 Å². The number of rotatable bonds is 4. The summed E-state index contributed by atoms with van der Waals surface area (Å²) in [7, 11) is 1.46. The fourth-order valence-electron chi connectivity index (χ4n) is 1.03. The van der Waals surface area contributed by atoms with E-state index in [1.165, 1.54) is 8.61 Å². The Morgan fingerprint density at radius 2 is 1.53 bits per heavy atom. The quantitative estimate of drug-likeness (QED) is 0.740. The van der Waals surface area contributed by atoms with Gasteiger partial charge in [-0.25, -0.2) is 0 Å². The van der Waals surface area contributed by atoms with Gasteiger partial charge in [-0.3, -0.25) is 0 Å². The highest BCUT2D eigenvalue weighted by molar-refractivity contribution is 7.86. The molecule has 0 aromatic carbocycles. The van der Waals surface area contributed by atoms with E-state index in [0.717, 1.165) is 0 Å². The molecule has 0 radical (unpaired) electrons. The van der Waals surface area contributed by atoms with E-state index in [1.807, 2.05) is 0 Å². The normalized spacial score (nSPS) is 16.1. The average Bonchev–Trinajstić information content (AvgIpc) is 2.01. The van der Waals surface area contributed by atoms with Gasteiger partial charge in [0.15, 0.2) is 0 Å². The summed E-state index contributed by atoms with van der Waals surface area (Å²) >= 11 is 0. The van der Waals surface area contributed by atoms with Gasteiger partial charge in [0, 0.05) is 27.7 Å². The highest BCUT2D eigenvalue weighted by Crippen LogP contribution is 2.26. The molecule has 0 heterocycles. The van der Waals surface area contributed by atoms with Crippen molar-refractivity contribution in [2.75, 3.05) is 27.7 Å². The second-order valence-corrected chi connectivity index (χ2v) is 7.59. The predicted molar refractivity (Wildman–Crippen MR) is 63.9 cm³/mol. The van der Waals surface area contributed by atoms with E-state index < -0.39 is 10.2 Å². The van der Waals surface area contributed by atoms with Gasteiger partial charge in [-0.1, -0.05) is 27.7 Å². The first kappa shape index (κ1) is 14.9. The van der Waals surface area contributed by atoms with Crippen molar-refractivity contribution in [1.29, 1.82) is 0 Å². The highest BCUT2D eigenvalue weighted by Gasteiger charge is 2.27. The Kier molecular flexibility index (Phi) is 4.76. The molecule has 0 amide bonds. The molecule has 0 aliphatic carbocycles. The molecule has 0 saturated carbocycles. The van der Waals surface area contributed by atoms with Gasteiger partial charge in [0.1, 0.15) is 0 Å². The van der Waals surface area contributed by atoms with Crippen molar-refractivity contribution in [2.45, 2.75) is 27.7 Å². The molecular weight excluding hydrogens is 212 g/mol. The molecule has 0 aliphatic heterocycles. The van der Waals surface area contributed by atoms with Crippen LogP contribution in [0.1, 0.15) is 27.7 Å². The molecule has 5 heteroatoms. The van der Waals surface area contributed by atoms with Crippen molar-refractivity contribution >= 4 is 10.2 Å². The predicted octanol–water partition coefficient (Wildman–Crippen LogP) is 1.41. The summed E-state index contributed by atoms with van der Waals surface area (Å²) in [6, 6.07) is 0. The molecule has 1 atom stereocenters. The molecule has 0 aromatic rings. The van der Waals surface area contributed by atoms with Crippen molar-refractivity contribution < 1.29 is 8.42 Å². The summed E-state index contributed by atoms with van der Waals surface area (Å²) in [5.41, 5.74) is 0.121. The van der Waals surface area contributed by atoms with Crippen LogP contribution in [0.2, 0.25) is 0 Å². The van der Waals surface area contributed by atoms with Gasteiger partial charge in [0.25, 0.3) is 10.2 Å². The summed E-state index contributed by atoms with van der Waals surface area (Å²) in [4.78, 5) is 0. The summed E-state index contributed by atoms with van der Waals surface area (Å²) in [6.07, 6.45) is 0. The standard InChI is InChI=1S/C10H24N2O2S/c1-9(10(2,3)4)8-12(7)15(13,14)11(5)6/h9H,8H2,1-7H3/t9-/m1/s1. The molecule has 0 spiro atoms. The van der Waals surface area contributed by atoms with Crippen LogP contribution in [0.5, 0.6) is 0 Å². The molecule has 15 heavy (non-hydrogen) atoms. The largest absolute Gasteiger partial charge is 0.281 e. The maximum Gasteiger partial charge on any atom is 0.281 e. The molecule has 0 aliphatic rings. The van der Waals surface area contributed by atoms with Crippen molar-refractivity contribution in [3.8, 4) is 0 Å². The Hall–Kier alpha value is -0.130. The van der Waals surface area contributed by atoms with E-state index in [9.17, 15) is 8.42 Å². The maximum absolute atomic E-state index is 11.7. The van der Waals surface area contributed by atoms with Crippen LogP contribution in [0, 0.1) is 11.3 Å². The lowest BCUT2D eigenvalue weighted by Crippen LogP contribution is -2.41. The van der Waals surface area contributed by atoms with Crippen LogP contribution >= 0.6 is 0 Å². The third kappa shape index (κ3) is 4.09. The zero-order valence-electron chi connectivity index (χ0n) is 10.9. The monoisotopic (exact) mass is 236 g/mol. The van der Waals surface area contributed by atoms with Gasteiger partial charge >= 0.3 is 0 Å². The zero-order chi connectivity index (χ0) is 12.4. The molecule has 0 unspecified atom stereocenters. The first-order chi connectivity index (χ1) is 6.49. The Labute approximate surface area is 94.4 Å². The van der Waals surface area contributed by atoms with Crippen LogP contribution in [-0.2, 0) is 10.2 Å². The molecule has 0 rings (SSSR count). The van der Waals surface area contributed by atoms with E-state index in [2.05, 4.69) is 27.7 Å². The Morgan fingerprint density at radius 1 is 1.13 bits per heavy atom. The number of hydrogen-bond acceptors (Lipinski definition) is 2. The van der Waals surface area contributed by atoms with Crippen molar-refractivity contribution in [3.63, 3.8) is 0 Å². The zero-order valence-corrected chi connectivity index (χ0v) is 11.7. The average molecular weight is 236 g/mol. The molecule has 0 N–H and O–H groups in total. The lowest BCUT2D eigenvalue weighted by Gasteiger charge is -2.31. The van der Waals surface area contributed by atoms with E-state index in [4.69, 9.17) is 0 Å². The maximum atomic E-state index is 11.7. The topological polar surface area (TPSA) is 40.6 Å². The van der Waals surface area contributed by atoms with Gasteiger partial charge in [-0.2, -0.15) is 17.0 Å². The first-order valence-electron chi connectivity index (χ1n) is 5.13. The SMILES string of the molecule is C[C@H](CN(C)S(=O)(=O)N(C)C)C(C)(C)C. The number of nitrogens with zero attached hydrogens (tertiary/aromatic N) is 2. The van der Waals surface area contributed by atoms with Gasteiger partial charge in [-0.05, 0) is 11.3 Å². The van der Waals surface area contributed by atoms with Gasteiger partial charge in [0.05, 0.1) is 0 Å². The molecular formula is C10H24N2O2S. The minimum absolute atomic E-state index is 0.121. The minimum atomic E-state index is -3.27. The third-order valence-electron chi connectivity index (χ3n) is 2.86. The summed E-state index contributed by atoms with van der Waals surface area (Å²) < 4.78 is 26.1. The van der Waals surface area contributed by atoms with Crippen LogP contribution in [0.25, 0.3) is 0 Å². The van der Waals surface area contributed by atoms with Crippen LogP contribution in [0.4, 0.5) is 0 Å². The fraction of sp³-hybridized carbons (Fsp3) is 1.00. The van der Waals surface area contributed by atoms with Crippen LogP contribution < -0.4 is 0 Å². The summed E-state index contributed by atoms with van der Waals surface area (Å²) in [5, 5.41) is 0. The van der Waals surface area contributed by atoms with Gasteiger partial charge in [-0.15, -0.1) is 0 Å². The first-order valence-corrected chi connectivity index (χ1v) is 6.53. The van der Waals surface area contributed by atoms with Gasteiger partial charge in [0.2, 0.25) is 0 Å². The lowest BCUT2D eigenvalue weighted by atomic mass is 9.82. The molecule has 0 fully saturated rings. The van der Waals surface area contributed by atoms with E-state index in [1.54, 1.807) is 21.1 Å². The Bertz CT molecular complexity index is 291. The Morgan fingerprint density at radius 3 is 1.80 bits per heavy atom. The summed E-state index contributed by atoms with van der Waals surface area (Å²) in [6.45, 7) is 8.97. The summed E-state index contributed by atoms with van der Waals surface area (Å²) in [5.74, 6) is 0.317. The van der Waals surface area contributed by atoms with Crippen LogP contribution in [0.15, 0.2) is 0 Å². The molecule has 92 valence electrons. The second kappa shape index (κ2) is 4.80. The number of hydrogen-bond donors (Lipinski definition) is 0. The van der Waals surface area contributed by atoms with Crippen molar-refractivity contribution in [2.24, 2.45) is 11.3 Å². The lowest BCUT2D eigenvalue weighted by molar-refractivity contribution is 0.222. The van der Waals surface area contributed by atoms with Crippen molar-refractivity contribution in [1.82, 2.24) is 8.61 Å². The fourth-order valence-corrected chi connectivity index (χ4v) is 2.00. The smallest absolute Gasteiger partial charge is 0.195 e. The Balaban J connectivity index is 4.59. The van der Waals surface area contributed by atoms with Gasteiger partial charge < -0.3 is 0 Å². The highest BCUT2D eigenvalue weighted by atomic mass is 32.2. The molecule has 0 bridgehead atoms. The molecule has 0 aromatic heterocycles. The minimum Gasteiger partial charge on any atom is -0.195 e. The molecule has 4 nitrogen and oxygen atoms in total. The van der Waals surface area contributed by atoms with Crippen LogP contribution in [0.3, 0.4) is 0 Å². The third-order valence-corrected chi connectivity index (χ3v) is 4.72. The van der Waals surface area contributed by atoms with Crippen LogP contribution in [-0.4, -0.2) is 44.7 Å². The van der Waals surface area contributed by atoms with Crippen molar-refractivity contribution in [3.05, 3.63) is 0 Å². The van der Waals surface area contributed by atoms with E-state index >= 15 is 0 Å². The molecule has 0 saturated heterocycles. The van der Waals surface area contributed by atoms with E-state index in [-0.39, 0.29) is 5.41 Å².